The number of sulfonamides is 1. The molecule has 6 heteroatoms. The minimum absolute atomic E-state index is 0.0103. The van der Waals surface area contributed by atoms with E-state index < -0.39 is 10.0 Å². The Morgan fingerprint density at radius 1 is 1.17 bits per heavy atom. The van der Waals surface area contributed by atoms with Crippen LogP contribution in [0.15, 0.2) is 35.7 Å². The van der Waals surface area contributed by atoms with E-state index in [-0.39, 0.29) is 11.8 Å². The van der Waals surface area contributed by atoms with Crippen LogP contribution >= 0.6 is 0 Å². The number of hydrogen-bond donors (Lipinski definition) is 0. The van der Waals surface area contributed by atoms with Crippen molar-refractivity contribution in [3.63, 3.8) is 0 Å². The van der Waals surface area contributed by atoms with Gasteiger partial charge in [-0.3, -0.25) is 4.79 Å². The highest BCUT2D eigenvalue weighted by Gasteiger charge is 2.28. The number of hydrogen-bond acceptors (Lipinski definition) is 3. The number of amides is 1. The van der Waals surface area contributed by atoms with Gasteiger partial charge in [0.05, 0.1) is 0 Å². The van der Waals surface area contributed by atoms with Crippen molar-refractivity contribution in [3.05, 3.63) is 41.3 Å². The fourth-order valence-corrected chi connectivity index (χ4v) is 4.02. The molecule has 1 amide bonds. The molecule has 2 rings (SSSR count). The molecule has 0 aromatic heterocycles. The van der Waals surface area contributed by atoms with Crippen LogP contribution in [0.5, 0.6) is 0 Å². The van der Waals surface area contributed by atoms with E-state index in [1.165, 1.54) is 9.71 Å². The fourth-order valence-electron chi connectivity index (χ4n) is 2.85. The van der Waals surface area contributed by atoms with Crippen molar-refractivity contribution in [2.24, 2.45) is 5.92 Å². The molecular weight excluding hydrogens is 324 g/mol. The largest absolute Gasteiger partial charge is 0.340 e. The topological polar surface area (TPSA) is 57.7 Å². The lowest BCUT2D eigenvalue weighted by Gasteiger charge is -2.34. The summed E-state index contributed by atoms with van der Waals surface area (Å²) in [5.41, 5.74) is 0.850. The van der Waals surface area contributed by atoms with Gasteiger partial charge >= 0.3 is 0 Å². The second-order valence-corrected chi connectivity index (χ2v) is 7.99. The molecular formula is C18H26N2O3S. The van der Waals surface area contributed by atoms with Crippen molar-refractivity contribution in [1.29, 1.82) is 0 Å². The Morgan fingerprint density at radius 2 is 1.79 bits per heavy atom. The van der Waals surface area contributed by atoms with Gasteiger partial charge in [-0.05, 0) is 18.1 Å². The van der Waals surface area contributed by atoms with Crippen molar-refractivity contribution in [1.82, 2.24) is 9.21 Å². The highest BCUT2D eigenvalue weighted by atomic mass is 32.2. The quantitative estimate of drug-likeness (QED) is 0.792. The maximum absolute atomic E-state index is 12.4. The molecule has 1 aliphatic rings. The summed E-state index contributed by atoms with van der Waals surface area (Å²) in [7, 11) is -3.45. The molecule has 0 spiro atoms. The van der Waals surface area contributed by atoms with E-state index in [2.05, 4.69) is 6.92 Å². The lowest BCUT2D eigenvalue weighted by atomic mass is 10.0. The molecule has 0 aliphatic carbocycles. The molecule has 0 bridgehead atoms. The lowest BCUT2D eigenvalue weighted by Crippen LogP contribution is -2.51. The minimum atomic E-state index is -3.45. The van der Waals surface area contributed by atoms with Gasteiger partial charge in [0, 0.05) is 37.5 Å². The van der Waals surface area contributed by atoms with E-state index in [1.807, 2.05) is 37.3 Å². The van der Waals surface area contributed by atoms with Gasteiger partial charge in [-0.15, -0.1) is 0 Å². The van der Waals surface area contributed by atoms with E-state index in [9.17, 15) is 13.2 Å². The van der Waals surface area contributed by atoms with E-state index in [4.69, 9.17) is 0 Å². The zero-order chi connectivity index (χ0) is 17.6. The van der Waals surface area contributed by atoms with Crippen molar-refractivity contribution in [2.75, 3.05) is 26.2 Å². The van der Waals surface area contributed by atoms with Crippen molar-refractivity contribution < 1.29 is 13.2 Å². The van der Waals surface area contributed by atoms with Crippen LogP contribution in [0.1, 0.15) is 32.3 Å². The smallest absolute Gasteiger partial charge is 0.236 e. The first-order valence-electron chi connectivity index (χ1n) is 8.46. The second-order valence-electron chi connectivity index (χ2n) is 6.17. The zero-order valence-electron chi connectivity index (χ0n) is 14.4. The molecule has 0 saturated carbocycles. The highest BCUT2D eigenvalue weighted by Crippen LogP contribution is 2.15. The number of piperazine rings is 1. The molecule has 1 aromatic carbocycles. The maximum atomic E-state index is 12.4. The maximum Gasteiger partial charge on any atom is 0.236 e. The SMILES string of the molecule is CCCC(C)C(=O)N1CCN(S(=O)(=O)C=Cc2ccccc2)CC1. The molecule has 132 valence electrons. The van der Waals surface area contributed by atoms with Crippen molar-refractivity contribution in [3.8, 4) is 0 Å². The molecule has 0 radical (unpaired) electrons. The Bertz CT molecular complexity index is 663. The third-order valence-electron chi connectivity index (χ3n) is 4.29. The fraction of sp³-hybridized carbons (Fsp3) is 0.500. The third-order valence-corrected chi connectivity index (χ3v) is 5.85. The molecule has 24 heavy (non-hydrogen) atoms. The normalized spacial score (nSPS) is 18.0. The van der Waals surface area contributed by atoms with Gasteiger partial charge < -0.3 is 4.90 Å². The molecule has 1 heterocycles. The molecule has 1 unspecified atom stereocenters. The number of carbonyl (C=O) groups excluding carboxylic acids is 1. The van der Waals surface area contributed by atoms with E-state index >= 15 is 0 Å². The molecule has 1 atom stereocenters. The van der Waals surface area contributed by atoms with Crippen LogP contribution in [0.2, 0.25) is 0 Å². The zero-order valence-corrected chi connectivity index (χ0v) is 15.2. The van der Waals surface area contributed by atoms with E-state index in [0.717, 1.165) is 18.4 Å². The first-order chi connectivity index (χ1) is 11.4. The molecule has 1 saturated heterocycles. The van der Waals surface area contributed by atoms with Crippen LogP contribution in [-0.4, -0.2) is 49.7 Å². The van der Waals surface area contributed by atoms with Gasteiger partial charge in [0.1, 0.15) is 0 Å². The first kappa shape index (κ1) is 18.7. The summed E-state index contributed by atoms with van der Waals surface area (Å²) in [6, 6.07) is 9.35. The van der Waals surface area contributed by atoms with Gasteiger partial charge in [0.2, 0.25) is 15.9 Å². The Morgan fingerprint density at radius 3 is 2.38 bits per heavy atom. The molecule has 1 aliphatic heterocycles. The summed E-state index contributed by atoms with van der Waals surface area (Å²) < 4.78 is 26.3. The van der Waals surface area contributed by atoms with Crippen LogP contribution in [0, 0.1) is 5.92 Å². The van der Waals surface area contributed by atoms with Crippen LogP contribution in [0.3, 0.4) is 0 Å². The number of rotatable bonds is 6. The van der Waals surface area contributed by atoms with Crippen molar-refractivity contribution >= 4 is 22.0 Å². The van der Waals surface area contributed by atoms with Gasteiger partial charge in [0.15, 0.2) is 0 Å². The van der Waals surface area contributed by atoms with E-state index in [1.54, 1.807) is 11.0 Å². The summed E-state index contributed by atoms with van der Waals surface area (Å²) in [5.74, 6) is 0.143. The second kappa shape index (κ2) is 8.44. The van der Waals surface area contributed by atoms with Crippen LogP contribution < -0.4 is 0 Å². The van der Waals surface area contributed by atoms with Crippen LogP contribution in [0.4, 0.5) is 0 Å². The Labute approximate surface area is 145 Å². The summed E-state index contributed by atoms with van der Waals surface area (Å²) >= 11 is 0. The first-order valence-corrected chi connectivity index (χ1v) is 9.96. The van der Waals surface area contributed by atoms with Gasteiger partial charge in [-0.1, -0.05) is 50.6 Å². The lowest BCUT2D eigenvalue weighted by molar-refractivity contribution is -0.136. The molecule has 0 N–H and O–H groups in total. The molecule has 1 aromatic rings. The minimum Gasteiger partial charge on any atom is -0.340 e. The Hall–Kier alpha value is -1.66. The van der Waals surface area contributed by atoms with Crippen LogP contribution in [-0.2, 0) is 14.8 Å². The van der Waals surface area contributed by atoms with Crippen LogP contribution in [0.25, 0.3) is 6.08 Å². The summed E-state index contributed by atoms with van der Waals surface area (Å²) in [6.07, 6.45) is 3.46. The average Bonchev–Trinajstić information content (AvgIpc) is 2.60. The summed E-state index contributed by atoms with van der Waals surface area (Å²) in [4.78, 5) is 14.1. The number of carbonyl (C=O) groups is 1. The predicted octanol–water partition coefficient (Wildman–Crippen LogP) is 2.57. The number of nitrogens with zero attached hydrogens (tertiary/aromatic N) is 2. The summed E-state index contributed by atoms with van der Waals surface area (Å²) in [6.45, 7) is 5.64. The Kier molecular flexibility index (Phi) is 6.57. The predicted molar refractivity (Wildman–Crippen MR) is 96.6 cm³/mol. The monoisotopic (exact) mass is 350 g/mol. The number of benzene rings is 1. The van der Waals surface area contributed by atoms with Crippen molar-refractivity contribution in [2.45, 2.75) is 26.7 Å². The standard InChI is InChI=1S/C18H26N2O3S/c1-3-7-16(2)18(21)19-11-13-20(14-12-19)24(22,23)15-10-17-8-5-4-6-9-17/h4-6,8-10,15-16H,3,7,11-14H2,1-2H3. The molecule has 1 fully saturated rings. The van der Waals surface area contributed by atoms with Gasteiger partial charge in [-0.25, -0.2) is 8.42 Å². The van der Waals surface area contributed by atoms with Gasteiger partial charge in [-0.2, -0.15) is 4.31 Å². The average molecular weight is 350 g/mol. The molecule has 5 nitrogen and oxygen atoms in total. The van der Waals surface area contributed by atoms with E-state index in [0.29, 0.717) is 26.2 Å². The third kappa shape index (κ3) is 4.92. The summed E-state index contributed by atoms with van der Waals surface area (Å²) in [5, 5.41) is 1.25. The highest BCUT2D eigenvalue weighted by molar-refractivity contribution is 7.92. The van der Waals surface area contributed by atoms with Gasteiger partial charge in [0.25, 0.3) is 0 Å². The Balaban J connectivity index is 1.93.